The summed E-state index contributed by atoms with van der Waals surface area (Å²) in [6.07, 6.45) is 1.37. The number of carbonyl (C=O) groups excluding carboxylic acids is 1. The minimum Gasteiger partial charge on any atom is -0.478 e. The van der Waals surface area contributed by atoms with Gasteiger partial charge in [0.15, 0.2) is 0 Å². The molecule has 1 aromatic heterocycles. The van der Waals surface area contributed by atoms with Crippen molar-refractivity contribution in [3.05, 3.63) is 70.7 Å². The molecular weight excluding hydrogens is 321 g/mol. The number of rotatable bonds is 3. The maximum absolute atomic E-state index is 14.1. The Morgan fingerprint density at radius 1 is 1.16 bits per heavy atom. The number of carboxylic acid groups (broad SMARTS) is 1. The van der Waals surface area contributed by atoms with Crippen molar-refractivity contribution in [2.45, 2.75) is 25.8 Å². The highest BCUT2D eigenvalue weighted by atomic mass is 19.1. The first kappa shape index (κ1) is 15.6. The normalized spacial score (nSPS) is 13.9. The summed E-state index contributed by atoms with van der Waals surface area (Å²) in [5, 5.41) is 10.0. The number of carbonyl (C=O) groups is 2. The van der Waals surface area contributed by atoms with E-state index < -0.39 is 5.97 Å². The van der Waals surface area contributed by atoms with E-state index >= 15 is 0 Å². The third kappa shape index (κ3) is 2.61. The fraction of sp³-hybridized carbons (Fsp3) is 0.200. The number of fused-ring (bicyclic) bond motifs is 3. The molecule has 1 aliphatic carbocycles. The van der Waals surface area contributed by atoms with Gasteiger partial charge in [-0.05, 0) is 36.2 Å². The van der Waals surface area contributed by atoms with E-state index in [1.54, 1.807) is 36.4 Å². The number of benzene rings is 2. The molecule has 5 heteroatoms. The predicted octanol–water partition coefficient (Wildman–Crippen LogP) is 3.58. The van der Waals surface area contributed by atoms with E-state index in [9.17, 15) is 19.1 Å². The lowest BCUT2D eigenvalue weighted by molar-refractivity contribution is -0.118. The Morgan fingerprint density at radius 2 is 1.96 bits per heavy atom. The molecule has 126 valence electrons. The van der Waals surface area contributed by atoms with Crippen molar-refractivity contribution in [2.24, 2.45) is 0 Å². The minimum atomic E-state index is -1.00. The monoisotopic (exact) mass is 337 g/mol. The fourth-order valence-corrected chi connectivity index (χ4v) is 3.61. The number of ketones is 1. The second-order valence-electron chi connectivity index (χ2n) is 6.36. The van der Waals surface area contributed by atoms with Crippen LogP contribution in [-0.2, 0) is 24.2 Å². The van der Waals surface area contributed by atoms with E-state index in [0.717, 1.165) is 22.2 Å². The molecule has 0 spiro atoms. The predicted molar refractivity (Wildman–Crippen MR) is 91.4 cm³/mol. The van der Waals surface area contributed by atoms with Gasteiger partial charge in [-0.2, -0.15) is 0 Å². The van der Waals surface area contributed by atoms with Crippen molar-refractivity contribution in [1.29, 1.82) is 0 Å². The van der Waals surface area contributed by atoms with E-state index in [0.29, 0.717) is 31.4 Å². The van der Waals surface area contributed by atoms with Crippen molar-refractivity contribution in [2.75, 3.05) is 0 Å². The zero-order valence-electron chi connectivity index (χ0n) is 13.5. The van der Waals surface area contributed by atoms with E-state index in [-0.39, 0.29) is 17.2 Å². The lowest BCUT2D eigenvalue weighted by atomic mass is 9.94. The van der Waals surface area contributed by atoms with Gasteiger partial charge in [-0.1, -0.05) is 18.2 Å². The summed E-state index contributed by atoms with van der Waals surface area (Å²) in [5.74, 6) is -1.12. The molecule has 0 atom stereocenters. The summed E-state index contributed by atoms with van der Waals surface area (Å²) in [5.41, 5.74) is 3.48. The van der Waals surface area contributed by atoms with Gasteiger partial charge in [-0.25, -0.2) is 9.18 Å². The van der Waals surface area contributed by atoms with Crippen LogP contribution in [0.4, 0.5) is 4.39 Å². The van der Waals surface area contributed by atoms with Crippen LogP contribution in [-0.4, -0.2) is 21.4 Å². The van der Waals surface area contributed by atoms with Crippen LogP contribution in [0.25, 0.3) is 10.9 Å². The smallest absolute Gasteiger partial charge is 0.335 e. The molecule has 0 amide bonds. The largest absolute Gasteiger partial charge is 0.478 e. The molecule has 1 aliphatic rings. The van der Waals surface area contributed by atoms with Gasteiger partial charge in [-0.3, -0.25) is 4.79 Å². The third-order valence-electron chi connectivity index (χ3n) is 4.83. The molecule has 25 heavy (non-hydrogen) atoms. The average molecular weight is 337 g/mol. The van der Waals surface area contributed by atoms with Crippen molar-refractivity contribution < 1.29 is 19.1 Å². The Morgan fingerprint density at radius 3 is 2.72 bits per heavy atom. The fourth-order valence-electron chi connectivity index (χ4n) is 3.61. The Balaban J connectivity index is 1.93. The van der Waals surface area contributed by atoms with Crippen LogP contribution in [0.2, 0.25) is 0 Å². The number of carboxylic acids is 1. The van der Waals surface area contributed by atoms with Crippen molar-refractivity contribution in [1.82, 2.24) is 4.57 Å². The van der Waals surface area contributed by atoms with E-state index in [4.69, 9.17) is 0 Å². The number of nitrogens with zero attached hydrogens (tertiary/aromatic N) is 1. The summed E-state index contributed by atoms with van der Waals surface area (Å²) >= 11 is 0. The number of hydrogen-bond donors (Lipinski definition) is 1. The van der Waals surface area contributed by atoms with Gasteiger partial charge in [0.1, 0.15) is 11.6 Å². The molecule has 4 rings (SSSR count). The topological polar surface area (TPSA) is 59.3 Å². The number of hydrogen-bond acceptors (Lipinski definition) is 2. The second-order valence-corrected chi connectivity index (χ2v) is 6.36. The summed E-state index contributed by atoms with van der Waals surface area (Å²) < 4.78 is 16.1. The Hall–Kier alpha value is -2.95. The number of aromatic carboxylic acids is 1. The summed E-state index contributed by atoms with van der Waals surface area (Å²) in [6, 6.07) is 11.5. The van der Waals surface area contributed by atoms with Gasteiger partial charge >= 0.3 is 5.97 Å². The summed E-state index contributed by atoms with van der Waals surface area (Å²) in [4.78, 5) is 23.2. The molecule has 0 radical (unpaired) electrons. The van der Waals surface area contributed by atoms with E-state index in [2.05, 4.69) is 0 Å². The van der Waals surface area contributed by atoms with Gasteiger partial charge in [-0.15, -0.1) is 0 Å². The molecule has 1 N–H and O–H groups in total. The highest BCUT2D eigenvalue weighted by molar-refractivity contribution is 5.98. The Kier molecular flexibility index (Phi) is 3.64. The molecule has 0 bridgehead atoms. The highest BCUT2D eigenvalue weighted by Gasteiger charge is 2.25. The van der Waals surface area contributed by atoms with Crippen molar-refractivity contribution in [3.8, 4) is 0 Å². The molecule has 0 aliphatic heterocycles. The molecule has 0 saturated heterocycles. The van der Waals surface area contributed by atoms with E-state index in [1.807, 2.05) is 4.57 Å². The molecule has 0 saturated carbocycles. The molecule has 3 aromatic rings. The molecule has 0 fully saturated rings. The first-order valence-corrected chi connectivity index (χ1v) is 8.17. The van der Waals surface area contributed by atoms with Crippen LogP contribution in [0.15, 0.2) is 42.5 Å². The number of halogens is 1. The maximum Gasteiger partial charge on any atom is 0.335 e. The molecule has 4 nitrogen and oxygen atoms in total. The average Bonchev–Trinajstić information content (AvgIpc) is 2.89. The standard InChI is InChI=1S/C20H16FNO3/c21-17-4-2-1-3-13(17)11-22-18-7-5-12(20(24)25)9-15(18)16-10-14(23)6-8-19(16)22/h1-5,7,9H,6,8,10-11H2,(H,24,25). The summed E-state index contributed by atoms with van der Waals surface area (Å²) in [6.45, 7) is 0.360. The van der Waals surface area contributed by atoms with Gasteiger partial charge in [0.25, 0.3) is 0 Å². The zero-order valence-corrected chi connectivity index (χ0v) is 13.5. The number of aromatic nitrogens is 1. The Labute approximate surface area is 143 Å². The first-order chi connectivity index (χ1) is 12.0. The van der Waals surface area contributed by atoms with Crippen molar-refractivity contribution in [3.63, 3.8) is 0 Å². The van der Waals surface area contributed by atoms with E-state index in [1.165, 1.54) is 6.07 Å². The van der Waals surface area contributed by atoms with Crippen LogP contribution in [0.5, 0.6) is 0 Å². The SMILES string of the molecule is O=C1CCc2c(c3cc(C(=O)O)ccc3n2Cc2ccccc2F)C1. The first-order valence-electron chi connectivity index (χ1n) is 8.17. The number of Topliss-reactive ketones (excluding diaryl/α,β-unsaturated/α-hetero) is 1. The van der Waals surface area contributed by atoms with Gasteiger partial charge in [0, 0.05) is 35.0 Å². The molecule has 2 aromatic carbocycles. The van der Waals surface area contributed by atoms with Crippen LogP contribution in [0, 0.1) is 5.82 Å². The Bertz CT molecular complexity index is 1020. The van der Waals surface area contributed by atoms with Crippen LogP contribution in [0.1, 0.15) is 33.6 Å². The van der Waals surface area contributed by atoms with Crippen LogP contribution in [0.3, 0.4) is 0 Å². The van der Waals surface area contributed by atoms with Gasteiger partial charge in [0.05, 0.1) is 12.1 Å². The quantitative estimate of drug-likeness (QED) is 0.795. The summed E-state index contributed by atoms with van der Waals surface area (Å²) in [7, 11) is 0. The third-order valence-corrected chi connectivity index (χ3v) is 4.83. The van der Waals surface area contributed by atoms with Crippen LogP contribution >= 0.6 is 0 Å². The lowest BCUT2D eigenvalue weighted by Crippen LogP contribution is -2.16. The maximum atomic E-state index is 14.1. The second kappa shape index (κ2) is 5.84. The molecular formula is C20H16FNO3. The van der Waals surface area contributed by atoms with Gasteiger partial charge < -0.3 is 9.67 Å². The van der Waals surface area contributed by atoms with Crippen LogP contribution < -0.4 is 0 Å². The zero-order chi connectivity index (χ0) is 17.6. The molecule has 1 heterocycles. The molecule has 0 unspecified atom stereocenters. The van der Waals surface area contributed by atoms with Crippen molar-refractivity contribution >= 4 is 22.7 Å². The minimum absolute atomic E-state index is 0.151. The van der Waals surface area contributed by atoms with Gasteiger partial charge in [0.2, 0.25) is 0 Å². The lowest BCUT2D eigenvalue weighted by Gasteiger charge is -2.16. The highest BCUT2D eigenvalue weighted by Crippen LogP contribution is 2.32.